The lowest BCUT2D eigenvalue weighted by Crippen LogP contribution is -2.39. The van der Waals surface area contributed by atoms with Gasteiger partial charge < -0.3 is 20.7 Å². The van der Waals surface area contributed by atoms with Gasteiger partial charge >= 0.3 is 6.18 Å². The van der Waals surface area contributed by atoms with Crippen LogP contribution in [0.4, 0.5) is 24.8 Å². The van der Waals surface area contributed by atoms with Crippen LogP contribution in [0.25, 0.3) is 22.2 Å². The number of nitrogens with zero attached hydrogens (tertiary/aromatic N) is 4. The molecule has 7 nitrogen and oxygen atoms in total. The second-order valence-corrected chi connectivity index (χ2v) is 8.31. The predicted molar refractivity (Wildman–Crippen MR) is 116 cm³/mol. The smallest absolute Gasteiger partial charge is 0.418 e. The number of benzene rings is 1. The summed E-state index contributed by atoms with van der Waals surface area (Å²) < 4.78 is 47.8. The molecule has 2 aliphatic rings. The number of aryl methyl sites for hydroxylation is 1. The molecule has 2 aromatic heterocycles. The molecule has 0 unspecified atom stereocenters. The maximum atomic E-state index is 13.9. The molecule has 0 saturated carbocycles. The molecule has 0 amide bonds. The molecule has 2 aliphatic heterocycles. The van der Waals surface area contributed by atoms with E-state index in [9.17, 15) is 13.2 Å². The highest BCUT2D eigenvalue weighted by molar-refractivity contribution is 6.36. The quantitative estimate of drug-likeness (QED) is 0.596. The molecule has 168 valence electrons. The molecule has 1 saturated heterocycles. The maximum Gasteiger partial charge on any atom is 0.418 e. The molecule has 0 spiro atoms. The summed E-state index contributed by atoms with van der Waals surface area (Å²) in [6, 6.07) is 2.93. The molecule has 0 radical (unpaired) electrons. The van der Waals surface area contributed by atoms with E-state index in [0.717, 1.165) is 19.5 Å². The summed E-state index contributed by atoms with van der Waals surface area (Å²) in [7, 11) is 0. The summed E-state index contributed by atoms with van der Waals surface area (Å²) in [4.78, 5) is 15.0. The van der Waals surface area contributed by atoms with Crippen LogP contribution in [-0.2, 0) is 6.18 Å². The predicted octanol–water partition coefficient (Wildman–Crippen LogP) is 3.82. The van der Waals surface area contributed by atoms with E-state index >= 15 is 0 Å². The van der Waals surface area contributed by atoms with Gasteiger partial charge in [-0.1, -0.05) is 11.6 Å². The third kappa shape index (κ3) is 3.38. The van der Waals surface area contributed by atoms with E-state index in [1.54, 1.807) is 0 Å². The van der Waals surface area contributed by atoms with Gasteiger partial charge in [-0.05, 0) is 37.6 Å². The maximum absolute atomic E-state index is 13.9. The highest BCUT2D eigenvalue weighted by atomic mass is 35.5. The summed E-state index contributed by atoms with van der Waals surface area (Å²) in [6.45, 7) is 3.94. The van der Waals surface area contributed by atoms with E-state index in [4.69, 9.17) is 22.1 Å². The summed E-state index contributed by atoms with van der Waals surface area (Å²) in [5.74, 6) is 0.896. The van der Waals surface area contributed by atoms with E-state index in [1.165, 1.54) is 25.4 Å². The third-order valence-corrected chi connectivity index (χ3v) is 6.28. The Labute approximate surface area is 186 Å². The van der Waals surface area contributed by atoms with Crippen LogP contribution < -0.4 is 20.7 Å². The van der Waals surface area contributed by atoms with Crippen molar-refractivity contribution >= 4 is 34.1 Å². The average molecular weight is 465 g/mol. The number of nitrogen functional groups attached to an aromatic ring is 1. The van der Waals surface area contributed by atoms with Gasteiger partial charge in [-0.25, -0.2) is 15.0 Å². The number of aromatic nitrogens is 3. The lowest BCUT2D eigenvalue weighted by molar-refractivity contribution is -0.137. The van der Waals surface area contributed by atoms with E-state index in [2.05, 4.69) is 25.2 Å². The van der Waals surface area contributed by atoms with Crippen LogP contribution in [0.2, 0.25) is 5.02 Å². The number of ether oxygens (including phenoxy) is 1. The molecule has 5 rings (SSSR count). The van der Waals surface area contributed by atoms with Crippen LogP contribution in [-0.4, -0.2) is 47.2 Å². The standard InChI is InChI=1S/C21H20ClF3N6O/c1-10-6-14(26)30-18(16(10)21(23,24)25)12-7-13-15-19(17(12)22)32-5-4-31(11-2-3-27-8-11)20(15)29-9-28-13/h6-7,9,11,27H,2-5,8H2,1H3,(H2,26,30)/t11-/m1/s1. The Balaban J connectivity index is 1.77. The van der Waals surface area contributed by atoms with Crippen LogP contribution in [0.15, 0.2) is 18.5 Å². The largest absolute Gasteiger partial charge is 0.489 e. The minimum absolute atomic E-state index is 0.0305. The molecular formula is C21H20ClF3N6O. The molecule has 11 heteroatoms. The van der Waals surface area contributed by atoms with Crippen molar-refractivity contribution in [2.45, 2.75) is 25.6 Å². The lowest BCUT2D eigenvalue weighted by atomic mass is 9.99. The summed E-state index contributed by atoms with van der Waals surface area (Å²) in [5.41, 5.74) is 5.03. The Morgan fingerprint density at radius 1 is 1.28 bits per heavy atom. The highest BCUT2D eigenvalue weighted by Crippen LogP contribution is 2.48. The number of halogens is 4. The fourth-order valence-corrected chi connectivity index (χ4v) is 4.83. The fraction of sp³-hybridized carbons (Fsp3) is 0.381. The first-order valence-corrected chi connectivity index (χ1v) is 10.6. The van der Waals surface area contributed by atoms with Gasteiger partial charge in [-0.3, -0.25) is 0 Å². The van der Waals surface area contributed by atoms with Crippen molar-refractivity contribution in [1.29, 1.82) is 0 Å². The second kappa shape index (κ2) is 7.63. The Bertz CT molecular complexity index is 1210. The van der Waals surface area contributed by atoms with Crippen LogP contribution in [0.1, 0.15) is 17.5 Å². The van der Waals surface area contributed by atoms with Gasteiger partial charge in [0.15, 0.2) is 5.75 Å². The van der Waals surface area contributed by atoms with Crippen molar-refractivity contribution in [2.75, 3.05) is 36.9 Å². The van der Waals surface area contributed by atoms with Gasteiger partial charge in [0.05, 0.1) is 33.7 Å². The first-order chi connectivity index (χ1) is 15.3. The van der Waals surface area contributed by atoms with Crippen molar-refractivity contribution in [3.63, 3.8) is 0 Å². The summed E-state index contributed by atoms with van der Waals surface area (Å²) >= 11 is 6.68. The molecule has 1 atom stereocenters. The zero-order valence-corrected chi connectivity index (χ0v) is 17.9. The summed E-state index contributed by atoms with van der Waals surface area (Å²) in [5, 5.41) is 3.95. The van der Waals surface area contributed by atoms with Crippen molar-refractivity contribution in [3.8, 4) is 17.0 Å². The molecule has 1 aromatic carbocycles. The van der Waals surface area contributed by atoms with Crippen molar-refractivity contribution in [3.05, 3.63) is 34.6 Å². The molecule has 3 aromatic rings. The fourth-order valence-electron chi connectivity index (χ4n) is 4.54. The molecule has 1 fully saturated rings. The van der Waals surface area contributed by atoms with Gasteiger partial charge in [0.25, 0.3) is 0 Å². The normalized spacial score (nSPS) is 18.7. The number of nitrogens with one attached hydrogen (secondary N) is 1. The number of hydrogen-bond acceptors (Lipinski definition) is 7. The first kappa shape index (κ1) is 21.0. The van der Waals surface area contributed by atoms with Gasteiger partial charge in [-0.2, -0.15) is 13.2 Å². The minimum atomic E-state index is -4.64. The first-order valence-electron chi connectivity index (χ1n) is 10.2. The number of hydrogen-bond donors (Lipinski definition) is 2. The molecule has 0 bridgehead atoms. The lowest BCUT2D eigenvalue weighted by Gasteiger charge is -2.28. The topological polar surface area (TPSA) is 89.2 Å². The van der Waals surface area contributed by atoms with Crippen molar-refractivity contribution in [2.24, 2.45) is 0 Å². The summed E-state index contributed by atoms with van der Waals surface area (Å²) in [6.07, 6.45) is -2.28. The van der Waals surface area contributed by atoms with E-state index in [1.807, 2.05) is 0 Å². The van der Waals surface area contributed by atoms with Gasteiger partial charge in [0.2, 0.25) is 0 Å². The Morgan fingerprint density at radius 2 is 2.09 bits per heavy atom. The zero-order valence-electron chi connectivity index (χ0n) is 17.1. The SMILES string of the molecule is Cc1cc(N)nc(-c2cc3ncnc4c3c(c2Cl)OCCN4[C@@H]2CCNC2)c1C(F)(F)F. The number of alkyl halides is 3. The Kier molecular flexibility index (Phi) is 5.01. The molecule has 4 heterocycles. The van der Waals surface area contributed by atoms with Gasteiger partial charge in [0, 0.05) is 18.2 Å². The average Bonchev–Trinajstić information content (AvgIpc) is 3.17. The number of anilines is 2. The molecule has 32 heavy (non-hydrogen) atoms. The molecule has 3 N–H and O–H groups in total. The number of rotatable bonds is 2. The van der Waals surface area contributed by atoms with Crippen LogP contribution in [0.3, 0.4) is 0 Å². The van der Waals surface area contributed by atoms with Crippen LogP contribution in [0.5, 0.6) is 5.75 Å². The van der Waals surface area contributed by atoms with Gasteiger partial charge in [0.1, 0.15) is 24.6 Å². The molecular weight excluding hydrogens is 445 g/mol. The van der Waals surface area contributed by atoms with Crippen LogP contribution in [0, 0.1) is 6.92 Å². The van der Waals surface area contributed by atoms with Crippen LogP contribution >= 0.6 is 11.6 Å². The Hall–Kier alpha value is -2.85. The van der Waals surface area contributed by atoms with Gasteiger partial charge in [-0.15, -0.1) is 0 Å². The van der Waals surface area contributed by atoms with E-state index in [0.29, 0.717) is 29.9 Å². The number of pyridine rings is 1. The Morgan fingerprint density at radius 3 is 2.81 bits per heavy atom. The van der Waals surface area contributed by atoms with E-state index in [-0.39, 0.29) is 39.5 Å². The van der Waals surface area contributed by atoms with Crippen molar-refractivity contribution < 1.29 is 17.9 Å². The van der Waals surface area contributed by atoms with E-state index < -0.39 is 11.7 Å². The highest BCUT2D eigenvalue weighted by Gasteiger charge is 2.38. The zero-order chi connectivity index (χ0) is 22.6. The third-order valence-electron chi connectivity index (χ3n) is 5.90. The monoisotopic (exact) mass is 464 g/mol. The second-order valence-electron chi connectivity index (χ2n) is 7.93. The van der Waals surface area contributed by atoms with Crippen molar-refractivity contribution in [1.82, 2.24) is 20.3 Å². The molecule has 0 aliphatic carbocycles. The number of nitrogens with two attached hydrogens (primary N) is 1. The minimum Gasteiger partial charge on any atom is -0.489 e.